The Morgan fingerprint density at radius 3 is 2.57 bits per heavy atom. The van der Waals surface area contributed by atoms with Gasteiger partial charge in [0.05, 0.1) is 24.1 Å². The van der Waals surface area contributed by atoms with Crippen molar-refractivity contribution in [2.75, 3.05) is 7.05 Å². The molecular weight excluding hydrogens is 302 g/mol. The number of primary amides is 1. The van der Waals surface area contributed by atoms with Gasteiger partial charge in [0.2, 0.25) is 5.91 Å². The van der Waals surface area contributed by atoms with E-state index >= 15 is 0 Å². The third-order valence-corrected chi connectivity index (χ3v) is 5.40. The van der Waals surface area contributed by atoms with Crippen LogP contribution in [0.5, 0.6) is 0 Å². The molecular formula is C15H21N3O5. The van der Waals surface area contributed by atoms with Crippen molar-refractivity contribution in [1.29, 1.82) is 0 Å². The van der Waals surface area contributed by atoms with Gasteiger partial charge in [-0.05, 0) is 25.3 Å². The summed E-state index contributed by atoms with van der Waals surface area (Å²) in [7, 11) is 1.55. The number of likely N-dealkylation sites (N-methyl/N-ethyl adjacent to an activating group) is 1. The van der Waals surface area contributed by atoms with Crippen LogP contribution in [-0.4, -0.2) is 63.2 Å². The van der Waals surface area contributed by atoms with Gasteiger partial charge in [0.25, 0.3) is 0 Å². The van der Waals surface area contributed by atoms with E-state index in [1.165, 1.54) is 9.80 Å². The summed E-state index contributed by atoms with van der Waals surface area (Å²) in [6.07, 6.45) is 1.35. The Hall–Kier alpha value is -2.09. The molecule has 2 heterocycles. The van der Waals surface area contributed by atoms with Crippen molar-refractivity contribution in [3.05, 3.63) is 11.3 Å². The summed E-state index contributed by atoms with van der Waals surface area (Å²) in [4.78, 5) is 38.3. The minimum atomic E-state index is -1.17. The molecule has 0 aromatic heterocycles. The van der Waals surface area contributed by atoms with Crippen LogP contribution in [0.25, 0.3) is 0 Å². The van der Waals surface area contributed by atoms with Crippen molar-refractivity contribution >= 4 is 17.9 Å². The van der Waals surface area contributed by atoms with Crippen molar-refractivity contribution in [2.45, 2.75) is 44.4 Å². The highest BCUT2D eigenvalue weighted by Crippen LogP contribution is 2.52. The molecule has 3 aliphatic rings. The van der Waals surface area contributed by atoms with E-state index in [9.17, 15) is 24.6 Å². The molecule has 1 aliphatic carbocycles. The quantitative estimate of drug-likeness (QED) is 0.617. The topological polar surface area (TPSA) is 124 Å². The van der Waals surface area contributed by atoms with Crippen LogP contribution >= 0.6 is 0 Å². The fourth-order valence-electron chi connectivity index (χ4n) is 4.41. The highest BCUT2D eigenvalue weighted by molar-refractivity contribution is 6.00. The number of aliphatic carboxylic acids is 1. The number of fused-ring (bicyclic) bond motifs is 3. The predicted octanol–water partition coefficient (Wildman–Crippen LogP) is -0.274. The van der Waals surface area contributed by atoms with Gasteiger partial charge in [-0.15, -0.1) is 0 Å². The van der Waals surface area contributed by atoms with E-state index in [4.69, 9.17) is 5.73 Å². The number of carboxylic acids is 1. The van der Waals surface area contributed by atoms with Crippen molar-refractivity contribution < 1.29 is 24.6 Å². The maximum atomic E-state index is 12.3. The van der Waals surface area contributed by atoms with Crippen molar-refractivity contribution in [1.82, 2.24) is 9.80 Å². The Morgan fingerprint density at radius 2 is 2.04 bits per heavy atom. The van der Waals surface area contributed by atoms with Gasteiger partial charge in [-0.3, -0.25) is 4.79 Å². The number of hydrogen-bond acceptors (Lipinski definition) is 4. The SMILES string of the molecule is CC(O)[C@H]1C(=O)N2C(C(=O)O)=C3[C@H](CCC[C@@H]3N(C)C(N)=O)[C@H]12. The number of aliphatic hydroxyl groups is 1. The first-order valence-corrected chi connectivity index (χ1v) is 7.78. The molecule has 0 bridgehead atoms. The van der Waals surface area contributed by atoms with E-state index in [0.717, 1.165) is 12.8 Å². The molecule has 2 aliphatic heterocycles. The van der Waals surface area contributed by atoms with Gasteiger partial charge in [0.1, 0.15) is 5.70 Å². The minimum absolute atomic E-state index is 0.0281. The van der Waals surface area contributed by atoms with Gasteiger partial charge < -0.3 is 25.7 Å². The predicted molar refractivity (Wildman–Crippen MR) is 78.9 cm³/mol. The molecule has 1 saturated heterocycles. The molecule has 5 atom stereocenters. The second kappa shape index (κ2) is 5.23. The lowest BCUT2D eigenvalue weighted by molar-refractivity contribution is -0.163. The molecule has 0 radical (unpaired) electrons. The molecule has 0 aromatic rings. The van der Waals surface area contributed by atoms with Crippen LogP contribution in [0.2, 0.25) is 0 Å². The van der Waals surface area contributed by atoms with Gasteiger partial charge in [-0.1, -0.05) is 6.42 Å². The van der Waals surface area contributed by atoms with E-state index < -0.39 is 30.1 Å². The van der Waals surface area contributed by atoms with Crippen LogP contribution < -0.4 is 5.73 Å². The van der Waals surface area contributed by atoms with Gasteiger partial charge in [-0.25, -0.2) is 9.59 Å². The van der Waals surface area contributed by atoms with Gasteiger partial charge >= 0.3 is 12.0 Å². The van der Waals surface area contributed by atoms with E-state index in [0.29, 0.717) is 12.0 Å². The van der Waals surface area contributed by atoms with E-state index in [-0.39, 0.29) is 23.6 Å². The maximum Gasteiger partial charge on any atom is 0.352 e. The Morgan fingerprint density at radius 1 is 1.39 bits per heavy atom. The zero-order valence-electron chi connectivity index (χ0n) is 13.1. The van der Waals surface area contributed by atoms with Crippen LogP contribution in [0.1, 0.15) is 26.2 Å². The molecule has 23 heavy (non-hydrogen) atoms. The number of nitrogens with two attached hydrogens (primary N) is 1. The van der Waals surface area contributed by atoms with Crippen LogP contribution in [-0.2, 0) is 9.59 Å². The first kappa shape index (κ1) is 15.8. The Bertz CT molecular complexity index is 614. The second-order valence-corrected chi connectivity index (χ2v) is 6.58. The molecule has 2 fully saturated rings. The third-order valence-electron chi connectivity index (χ3n) is 5.40. The standard InChI is InChI=1S/C15H21N3O5/c1-6(19)9-11-7-4-3-5-8(17(2)15(16)23)10(7)12(14(21)22)18(11)13(9)20/h6-9,11,19H,3-5H2,1-2H3,(H2,16,23)(H,21,22)/t6?,7-,8-,9+,11+/m0/s1. The average molecular weight is 323 g/mol. The number of carbonyl (C=O) groups is 3. The molecule has 0 aromatic carbocycles. The van der Waals surface area contributed by atoms with Gasteiger partial charge in [0, 0.05) is 13.0 Å². The normalized spacial score (nSPS) is 33.7. The number of urea groups is 1. The molecule has 126 valence electrons. The fourth-order valence-corrected chi connectivity index (χ4v) is 4.41. The average Bonchev–Trinajstić information content (AvgIpc) is 2.76. The van der Waals surface area contributed by atoms with Crippen LogP contribution in [0, 0.1) is 11.8 Å². The lowest BCUT2D eigenvalue weighted by Crippen LogP contribution is -2.64. The Balaban J connectivity index is 2.06. The molecule has 4 N–H and O–H groups in total. The van der Waals surface area contributed by atoms with E-state index in [1.807, 2.05) is 0 Å². The number of carbonyl (C=O) groups excluding carboxylic acids is 2. The number of β-lactam (4-membered cyclic amide) rings is 1. The minimum Gasteiger partial charge on any atom is -0.477 e. The fraction of sp³-hybridized carbons (Fsp3) is 0.667. The number of amides is 3. The Labute approximate surface area is 133 Å². The van der Waals surface area contributed by atoms with Crippen molar-refractivity contribution in [2.24, 2.45) is 17.6 Å². The monoisotopic (exact) mass is 323 g/mol. The lowest BCUT2D eigenvalue weighted by Gasteiger charge is -2.47. The van der Waals surface area contributed by atoms with E-state index in [2.05, 4.69) is 0 Å². The summed E-state index contributed by atoms with van der Waals surface area (Å²) >= 11 is 0. The first-order chi connectivity index (χ1) is 10.8. The zero-order valence-corrected chi connectivity index (χ0v) is 13.1. The summed E-state index contributed by atoms with van der Waals surface area (Å²) in [5.41, 5.74) is 5.93. The van der Waals surface area contributed by atoms with Gasteiger partial charge in [0.15, 0.2) is 0 Å². The Kier molecular flexibility index (Phi) is 3.59. The highest BCUT2D eigenvalue weighted by Gasteiger charge is 2.62. The summed E-state index contributed by atoms with van der Waals surface area (Å²) in [6.45, 7) is 1.55. The smallest absolute Gasteiger partial charge is 0.352 e. The number of hydrogen-bond donors (Lipinski definition) is 3. The number of carboxylic acid groups (broad SMARTS) is 1. The molecule has 3 amide bonds. The van der Waals surface area contributed by atoms with Crippen LogP contribution in [0.4, 0.5) is 4.79 Å². The third kappa shape index (κ3) is 2.04. The molecule has 8 nitrogen and oxygen atoms in total. The second-order valence-electron chi connectivity index (χ2n) is 6.58. The lowest BCUT2D eigenvalue weighted by atomic mass is 9.71. The molecule has 0 spiro atoms. The summed E-state index contributed by atoms with van der Waals surface area (Å²) < 4.78 is 0. The van der Waals surface area contributed by atoms with E-state index in [1.54, 1.807) is 14.0 Å². The summed E-state index contributed by atoms with van der Waals surface area (Å²) in [5.74, 6) is -2.25. The number of rotatable bonds is 3. The summed E-state index contributed by atoms with van der Waals surface area (Å²) in [5, 5.41) is 19.5. The molecule has 1 unspecified atom stereocenters. The van der Waals surface area contributed by atoms with Crippen molar-refractivity contribution in [3.63, 3.8) is 0 Å². The maximum absolute atomic E-state index is 12.3. The number of nitrogens with zero attached hydrogens (tertiary/aromatic N) is 2. The van der Waals surface area contributed by atoms with Crippen LogP contribution in [0.15, 0.2) is 11.3 Å². The first-order valence-electron chi connectivity index (χ1n) is 7.78. The summed E-state index contributed by atoms with van der Waals surface area (Å²) in [6, 6.07) is -1.36. The molecule has 3 rings (SSSR count). The molecule has 8 heteroatoms. The zero-order chi connectivity index (χ0) is 17.0. The number of aliphatic hydroxyl groups excluding tert-OH is 1. The highest BCUT2D eigenvalue weighted by atomic mass is 16.4. The van der Waals surface area contributed by atoms with Crippen molar-refractivity contribution in [3.8, 4) is 0 Å². The van der Waals surface area contributed by atoms with Gasteiger partial charge in [-0.2, -0.15) is 0 Å². The largest absolute Gasteiger partial charge is 0.477 e. The van der Waals surface area contributed by atoms with Crippen LogP contribution in [0.3, 0.4) is 0 Å². The molecule has 1 saturated carbocycles.